The molecule has 3 rings (SSSR count). The minimum absolute atomic E-state index is 0.0632. The maximum atomic E-state index is 11.6. The van der Waals surface area contributed by atoms with Crippen LogP contribution in [0.25, 0.3) is 0 Å². The summed E-state index contributed by atoms with van der Waals surface area (Å²) in [7, 11) is 1.91. The highest BCUT2D eigenvalue weighted by Gasteiger charge is 2.33. The van der Waals surface area contributed by atoms with Gasteiger partial charge in [-0.05, 0) is 12.6 Å². The monoisotopic (exact) mass is 344 g/mol. The molecule has 0 unspecified atom stereocenters. The number of nitrogens with zero attached hydrogens (tertiary/aromatic N) is 4. The van der Waals surface area contributed by atoms with Crippen molar-refractivity contribution in [2.75, 3.05) is 31.6 Å². The largest absolute Gasteiger partial charge is 0.382 e. The number of carbonyl (C=O) groups excluding carboxylic acids is 1. The summed E-state index contributed by atoms with van der Waals surface area (Å²) in [6, 6.07) is 1.86. The molecule has 0 bridgehead atoms. The predicted molar refractivity (Wildman–Crippen MR) is 94.2 cm³/mol. The van der Waals surface area contributed by atoms with Crippen molar-refractivity contribution < 1.29 is 9.53 Å². The van der Waals surface area contributed by atoms with E-state index in [9.17, 15) is 4.79 Å². The van der Waals surface area contributed by atoms with Crippen LogP contribution in [-0.2, 0) is 11.8 Å². The molecule has 2 aromatic rings. The van der Waals surface area contributed by atoms with Crippen LogP contribution in [0.3, 0.4) is 0 Å². The molecular formula is C17H24N6O2. The zero-order valence-corrected chi connectivity index (χ0v) is 14.6. The molecule has 25 heavy (non-hydrogen) atoms. The normalized spacial score (nSPS) is 21.2. The van der Waals surface area contributed by atoms with Gasteiger partial charge in [0.15, 0.2) is 0 Å². The second kappa shape index (κ2) is 7.62. The molecule has 2 atom stereocenters. The highest BCUT2D eigenvalue weighted by atomic mass is 16.5. The summed E-state index contributed by atoms with van der Waals surface area (Å²) in [4.78, 5) is 17.9. The predicted octanol–water partition coefficient (Wildman–Crippen LogP) is 0.788. The van der Waals surface area contributed by atoms with Gasteiger partial charge in [0, 0.05) is 44.3 Å². The van der Waals surface area contributed by atoms with Crippen molar-refractivity contribution >= 4 is 11.6 Å². The molecule has 134 valence electrons. The minimum Gasteiger partial charge on any atom is -0.382 e. The van der Waals surface area contributed by atoms with Crippen LogP contribution >= 0.6 is 0 Å². The lowest BCUT2D eigenvalue weighted by molar-refractivity contribution is -0.0639. The number of hydrogen-bond donors (Lipinski definition) is 2. The van der Waals surface area contributed by atoms with Crippen molar-refractivity contribution in [1.82, 2.24) is 19.7 Å². The fraction of sp³-hybridized carbons (Fsp3) is 0.471. The van der Waals surface area contributed by atoms with Crippen molar-refractivity contribution in [2.45, 2.75) is 19.1 Å². The fourth-order valence-corrected chi connectivity index (χ4v) is 3.29. The van der Waals surface area contributed by atoms with Crippen molar-refractivity contribution in [3.05, 3.63) is 42.0 Å². The first-order valence-corrected chi connectivity index (χ1v) is 8.42. The Morgan fingerprint density at radius 3 is 3.00 bits per heavy atom. The number of hydrogen-bond acceptors (Lipinski definition) is 6. The van der Waals surface area contributed by atoms with Crippen LogP contribution in [-0.4, -0.2) is 57.9 Å². The Kier molecular flexibility index (Phi) is 5.30. The first-order chi connectivity index (χ1) is 12.1. The van der Waals surface area contributed by atoms with E-state index in [1.54, 1.807) is 16.9 Å². The number of nitrogens with one attached hydrogen (secondary N) is 1. The van der Waals surface area contributed by atoms with Crippen LogP contribution in [0.15, 0.2) is 30.9 Å². The lowest BCUT2D eigenvalue weighted by atomic mass is 10.0. The Labute approximate surface area is 147 Å². The number of pyridine rings is 1. The summed E-state index contributed by atoms with van der Waals surface area (Å²) in [6.45, 7) is 5.19. The molecule has 0 aromatic carbocycles. The standard InChI is InChI=1S/C17H24N6O2/c1-3-23-6-7-25-15(16(23)12-8-21-22(2)11-12)10-20-14-4-5-19-9-13(14)17(18)24/h4-5,8-9,11,15-16H,3,6-7,10H2,1-2H3,(H2,18,24)(H,19,20)/t15-,16-/m0/s1. The third-order valence-electron chi connectivity index (χ3n) is 4.51. The Morgan fingerprint density at radius 1 is 1.48 bits per heavy atom. The average Bonchev–Trinajstić information content (AvgIpc) is 3.05. The zero-order chi connectivity index (χ0) is 17.8. The van der Waals surface area contributed by atoms with Crippen LogP contribution in [0.1, 0.15) is 28.9 Å². The van der Waals surface area contributed by atoms with Crippen LogP contribution < -0.4 is 11.1 Å². The zero-order valence-electron chi connectivity index (χ0n) is 14.6. The van der Waals surface area contributed by atoms with Gasteiger partial charge in [0.1, 0.15) is 0 Å². The van der Waals surface area contributed by atoms with E-state index >= 15 is 0 Å². The molecule has 3 N–H and O–H groups in total. The number of aryl methyl sites for hydroxylation is 1. The van der Waals surface area contributed by atoms with E-state index < -0.39 is 5.91 Å². The Balaban J connectivity index is 1.79. The quantitative estimate of drug-likeness (QED) is 0.804. The SMILES string of the molecule is CCN1CCO[C@@H](CNc2ccncc2C(N)=O)[C@@H]1c1cnn(C)c1. The van der Waals surface area contributed by atoms with Gasteiger partial charge < -0.3 is 15.8 Å². The Bertz CT molecular complexity index is 731. The van der Waals surface area contributed by atoms with Crippen LogP contribution in [0.4, 0.5) is 5.69 Å². The van der Waals surface area contributed by atoms with Gasteiger partial charge in [-0.15, -0.1) is 0 Å². The maximum Gasteiger partial charge on any atom is 0.252 e. The van der Waals surface area contributed by atoms with Gasteiger partial charge in [-0.1, -0.05) is 6.92 Å². The van der Waals surface area contributed by atoms with Crippen LogP contribution in [0.5, 0.6) is 0 Å². The molecule has 1 aliphatic heterocycles. The van der Waals surface area contributed by atoms with Gasteiger partial charge in [0.25, 0.3) is 5.91 Å². The first-order valence-electron chi connectivity index (χ1n) is 8.42. The van der Waals surface area contributed by atoms with E-state index in [4.69, 9.17) is 10.5 Å². The molecule has 8 nitrogen and oxygen atoms in total. The minimum atomic E-state index is -0.501. The third kappa shape index (κ3) is 3.80. The number of nitrogens with two attached hydrogens (primary N) is 1. The van der Waals surface area contributed by atoms with Crippen LogP contribution in [0, 0.1) is 0 Å². The lowest BCUT2D eigenvalue weighted by Crippen LogP contribution is -2.47. The van der Waals surface area contributed by atoms with E-state index in [2.05, 4.69) is 27.2 Å². The molecule has 3 heterocycles. The van der Waals surface area contributed by atoms with Gasteiger partial charge in [-0.3, -0.25) is 19.4 Å². The van der Waals surface area contributed by atoms with Crippen molar-refractivity contribution in [2.24, 2.45) is 12.8 Å². The van der Waals surface area contributed by atoms with Crippen molar-refractivity contribution in [3.8, 4) is 0 Å². The van der Waals surface area contributed by atoms with Gasteiger partial charge in [0.2, 0.25) is 0 Å². The molecule has 2 aromatic heterocycles. The van der Waals surface area contributed by atoms with Crippen molar-refractivity contribution in [3.63, 3.8) is 0 Å². The molecule has 0 aliphatic carbocycles. The topological polar surface area (TPSA) is 98.3 Å². The number of amides is 1. The number of rotatable bonds is 6. The fourth-order valence-electron chi connectivity index (χ4n) is 3.29. The summed E-state index contributed by atoms with van der Waals surface area (Å²) in [5.74, 6) is -0.501. The van der Waals surface area contributed by atoms with E-state index in [0.29, 0.717) is 24.4 Å². The van der Waals surface area contributed by atoms with Gasteiger partial charge in [-0.25, -0.2) is 0 Å². The molecule has 0 radical (unpaired) electrons. The second-order valence-corrected chi connectivity index (χ2v) is 6.10. The summed E-state index contributed by atoms with van der Waals surface area (Å²) in [6.07, 6.45) is 6.95. The molecule has 0 spiro atoms. The summed E-state index contributed by atoms with van der Waals surface area (Å²) >= 11 is 0. The van der Waals surface area contributed by atoms with E-state index in [0.717, 1.165) is 18.7 Å². The smallest absolute Gasteiger partial charge is 0.252 e. The van der Waals surface area contributed by atoms with Gasteiger partial charge >= 0.3 is 0 Å². The van der Waals surface area contributed by atoms with Gasteiger partial charge in [-0.2, -0.15) is 5.10 Å². The number of anilines is 1. The van der Waals surface area contributed by atoms with E-state index in [1.807, 2.05) is 19.4 Å². The number of morpholine rings is 1. The number of likely N-dealkylation sites (N-methyl/N-ethyl adjacent to an activating group) is 1. The summed E-state index contributed by atoms with van der Waals surface area (Å²) in [5.41, 5.74) is 7.59. The summed E-state index contributed by atoms with van der Waals surface area (Å²) in [5, 5.41) is 7.59. The molecule has 1 saturated heterocycles. The highest BCUT2D eigenvalue weighted by Crippen LogP contribution is 2.29. The number of ether oxygens (including phenoxy) is 1. The number of carbonyl (C=O) groups is 1. The van der Waals surface area contributed by atoms with E-state index in [1.165, 1.54) is 6.20 Å². The molecular weight excluding hydrogens is 320 g/mol. The average molecular weight is 344 g/mol. The highest BCUT2D eigenvalue weighted by molar-refractivity contribution is 5.98. The lowest BCUT2D eigenvalue weighted by Gasteiger charge is -2.40. The molecule has 1 aliphatic rings. The number of primary amides is 1. The maximum absolute atomic E-state index is 11.6. The van der Waals surface area contributed by atoms with E-state index in [-0.39, 0.29) is 12.1 Å². The molecule has 8 heteroatoms. The Hall–Kier alpha value is -2.45. The summed E-state index contributed by atoms with van der Waals surface area (Å²) < 4.78 is 7.84. The Morgan fingerprint density at radius 2 is 2.32 bits per heavy atom. The third-order valence-corrected chi connectivity index (χ3v) is 4.51. The van der Waals surface area contributed by atoms with Crippen molar-refractivity contribution in [1.29, 1.82) is 0 Å². The first kappa shape index (κ1) is 17.4. The van der Waals surface area contributed by atoms with Gasteiger partial charge in [0.05, 0.1) is 36.2 Å². The van der Waals surface area contributed by atoms with Crippen LogP contribution in [0.2, 0.25) is 0 Å². The second-order valence-electron chi connectivity index (χ2n) is 6.10. The number of aromatic nitrogens is 3. The molecule has 1 fully saturated rings. The molecule has 0 saturated carbocycles. The molecule has 1 amide bonds.